The minimum Gasteiger partial charge on any atom is -0.427 e. The van der Waals surface area contributed by atoms with Gasteiger partial charge < -0.3 is 9.76 Å². The van der Waals surface area contributed by atoms with E-state index in [1.165, 1.54) is 13.6 Å². The van der Waals surface area contributed by atoms with Crippen molar-refractivity contribution in [3.05, 3.63) is 35.3 Å². The third-order valence-corrected chi connectivity index (χ3v) is 3.99. The van der Waals surface area contributed by atoms with Crippen LogP contribution in [0.15, 0.2) is 35.3 Å². The smallest absolute Gasteiger partial charge is 0.416 e. The molecule has 0 saturated heterocycles. The van der Waals surface area contributed by atoms with Gasteiger partial charge in [0.15, 0.2) is 0 Å². The molecule has 1 radical (unpaired) electrons. The van der Waals surface area contributed by atoms with Gasteiger partial charge in [-0.25, -0.2) is 0 Å². The summed E-state index contributed by atoms with van der Waals surface area (Å²) in [6, 6.07) is 0. The molecule has 21 heavy (non-hydrogen) atoms. The first-order chi connectivity index (χ1) is 9.33. The third-order valence-electron chi connectivity index (χ3n) is 3.42. The van der Waals surface area contributed by atoms with Crippen LogP contribution in [0.2, 0.25) is 0 Å². The highest BCUT2D eigenvalue weighted by Gasteiger charge is 2.37. The van der Waals surface area contributed by atoms with Crippen molar-refractivity contribution in [2.75, 3.05) is 0 Å². The molecule has 1 unspecified atom stereocenters. The largest absolute Gasteiger partial charge is 0.427 e. The van der Waals surface area contributed by atoms with Gasteiger partial charge in [0.25, 0.3) is 0 Å². The van der Waals surface area contributed by atoms with E-state index < -0.39 is 23.0 Å². The van der Waals surface area contributed by atoms with Crippen molar-refractivity contribution in [2.45, 2.75) is 49.9 Å². The first-order valence-electron chi connectivity index (χ1n) is 6.39. The Morgan fingerprint density at radius 3 is 2.29 bits per heavy atom. The fourth-order valence-electron chi connectivity index (χ4n) is 1.32. The maximum absolute atomic E-state index is 12.8. The zero-order valence-electron chi connectivity index (χ0n) is 12.3. The number of allylic oxidation sites excluding steroid dienone is 6. The van der Waals surface area contributed by atoms with Gasteiger partial charge >= 0.3 is 13.7 Å². The van der Waals surface area contributed by atoms with E-state index in [2.05, 4.69) is 15.9 Å². The zero-order valence-corrected chi connectivity index (χ0v) is 13.9. The quantitative estimate of drug-likeness (QED) is 0.605. The third kappa shape index (κ3) is 5.31. The molecule has 2 nitrogen and oxygen atoms in total. The molecule has 1 N–H and O–H groups in total. The molecule has 1 aliphatic carbocycles. The molecule has 0 spiro atoms. The molecule has 0 aromatic heterocycles. The number of aliphatic hydroxyl groups is 1. The first-order valence-corrected chi connectivity index (χ1v) is 7.31. The summed E-state index contributed by atoms with van der Waals surface area (Å²) in [4.78, 5) is -0.325. The van der Waals surface area contributed by atoms with Crippen LogP contribution < -0.4 is 0 Å². The standard InChI is InChI=1S/C14H18BBrF3O2/c1-12(2,20)13(3,4)21-15-10-7-9(14(17,18)19)5-6-11(16)8-10/h5-8,11,20H,1-4H3. The van der Waals surface area contributed by atoms with Crippen LogP contribution in [0.5, 0.6) is 0 Å². The predicted octanol–water partition coefficient (Wildman–Crippen LogP) is 3.88. The van der Waals surface area contributed by atoms with E-state index in [1.807, 2.05) is 0 Å². The highest BCUT2D eigenvalue weighted by molar-refractivity contribution is 9.09. The Bertz CT molecular complexity index is 474. The SMILES string of the molecule is CC(C)(O)C(C)(C)O[B]C1=CC(Br)C=CC(C(F)(F)F)=C1. The lowest BCUT2D eigenvalue weighted by Gasteiger charge is -2.37. The van der Waals surface area contributed by atoms with Gasteiger partial charge in [-0.1, -0.05) is 45.7 Å². The Hall–Kier alpha value is -0.525. The molecule has 0 aliphatic heterocycles. The van der Waals surface area contributed by atoms with Crippen molar-refractivity contribution in [1.82, 2.24) is 0 Å². The van der Waals surface area contributed by atoms with Crippen molar-refractivity contribution < 1.29 is 22.9 Å². The van der Waals surface area contributed by atoms with Crippen LogP contribution in [-0.4, -0.2) is 34.8 Å². The Labute approximate surface area is 132 Å². The fraction of sp³-hybridized carbons (Fsp3) is 0.571. The minimum absolute atomic E-state index is 0.284. The lowest BCUT2D eigenvalue weighted by molar-refractivity contribution is -0.0901. The number of rotatable bonds is 4. The molecule has 0 aromatic rings. The van der Waals surface area contributed by atoms with Crippen LogP contribution in [0.1, 0.15) is 27.7 Å². The maximum Gasteiger partial charge on any atom is 0.416 e. The van der Waals surface area contributed by atoms with Crippen molar-refractivity contribution in [2.24, 2.45) is 0 Å². The van der Waals surface area contributed by atoms with Crippen LogP contribution >= 0.6 is 15.9 Å². The average Bonchev–Trinajstić information content (AvgIpc) is 2.46. The average molecular weight is 366 g/mol. The second-order valence-electron chi connectivity index (χ2n) is 5.87. The van der Waals surface area contributed by atoms with Gasteiger partial charge in [-0.15, -0.1) is 0 Å². The van der Waals surface area contributed by atoms with Crippen LogP contribution in [0.25, 0.3) is 0 Å². The van der Waals surface area contributed by atoms with Gasteiger partial charge in [0.1, 0.15) is 0 Å². The zero-order chi connectivity index (χ0) is 16.5. The molecule has 117 valence electrons. The summed E-state index contributed by atoms with van der Waals surface area (Å²) < 4.78 is 44.0. The summed E-state index contributed by atoms with van der Waals surface area (Å²) in [5, 5.41) is 9.98. The summed E-state index contributed by atoms with van der Waals surface area (Å²) in [7, 11) is 1.24. The Morgan fingerprint density at radius 1 is 1.24 bits per heavy atom. The number of alkyl halides is 4. The lowest BCUT2D eigenvalue weighted by Crippen LogP contribution is -2.48. The molecular weight excluding hydrogens is 348 g/mol. The normalized spacial score (nSPS) is 20.7. The first kappa shape index (κ1) is 18.5. The van der Waals surface area contributed by atoms with Crippen LogP contribution in [-0.2, 0) is 4.65 Å². The van der Waals surface area contributed by atoms with E-state index in [0.29, 0.717) is 0 Å². The molecule has 0 saturated carbocycles. The van der Waals surface area contributed by atoms with E-state index in [-0.39, 0.29) is 10.3 Å². The number of halogens is 4. The van der Waals surface area contributed by atoms with Gasteiger partial charge in [0.05, 0.1) is 21.6 Å². The molecule has 0 heterocycles. The summed E-state index contributed by atoms with van der Waals surface area (Å²) >= 11 is 3.24. The molecule has 1 atom stereocenters. The molecular formula is C14H18BBrF3O2. The molecule has 1 aliphatic rings. The minimum atomic E-state index is -4.42. The van der Waals surface area contributed by atoms with E-state index in [1.54, 1.807) is 33.8 Å². The lowest BCUT2D eigenvalue weighted by atomic mass is 9.81. The molecule has 7 heteroatoms. The maximum atomic E-state index is 12.8. The highest BCUT2D eigenvalue weighted by atomic mass is 79.9. The molecule has 0 fully saturated rings. The van der Waals surface area contributed by atoms with Crippen molar-refractivity contribution >= 4 is 23.4 Å². The summed E-state index contributed by atoms with van der Waals surface area (Å²) in [5.41, 5.74) is -2.55. The van der Waals surface area contributed by atoms with Crippen LogP contribution in [0.4, 0.5) is 13.2 Å². The van der Waals surface area contributed by atoms with Crippen molar-refractivity contribution in [3.8, 4) is 0 Å². The van der Waals surface area contributed by atoms with Crippen LogP contribution in [0, 0.1) is 0 Å². The summed E-state index contributed by atoms with van der Waals surface area (Å²) in [5.74, 6) is 0. The number of hydrogen-bond donors (Lipinski definition) is 1. The van der Waals surface area contributed by atoms with Crippen LogP contribution in [0.3, 0.4) is 0 Å². The molecule has 0 aromatic carbocycles. The van der Waals surface area contributed by atoms with E-state index in [0.717, 1.165) is 12.2 Å². The topological polar surface area (TPSA) is 29.5 Å². The molecule has 0 amide bonds. The Morgan fingerprint density at radius 2 is 1.81 bits per heavy atom. The predicted molar refractivity (Wildman–Crippen MR) is 81.3 cm³/mol. The van der Waals surface area contributed by atoms with E-state index in [9.17, 15) is 18.3 Å². The Balaban J connectivity index is 2.92. The van der Waals surface area contributed by atoms with Gasteiger partial charge in [-0.2, -0.15) is 13.2 Å². The van der Waals surface area contributed by atoms with Crippen molar-refractivity contribution in [3.63, 3.8) is 0 Å². The van der Waals surface area contributed by atoms with E-state index in [4.69, 9.17) is 4.65 Å². The van der Waals surface area contributed by atoms with E-state index >= 15 is 0 Å². The number of hydrogen-bond acceptors (Lipinski definition) is 2. The molecule has 1 rings (SSSR count). The molecule has 0 bridgehead atoms. The Kier molecular flexibility index (Phi) is 5.56. The summed E-state index contributed by atoms with van der Waals surface area (Å²) in [6.45, 7) is 6.49. The second-order valence-corrected chi connectivity index (χ2v) is 6.93. The van der Waals surface area contributed by atoms with Gasteiger partial charge in [-0.3, -0.25) is 0 Å². The highest BCUT2D eigenvalue weighted by Crippen LogP contribution is 2.31. The van der Waals surface area contributed by atoms with Gasteiger partial charge in [-0.05, 0) is 27.7 Å². The fourth-order valence-corrected chi connectivity index (χ4v) is 1.78. The monoisotopic (exact) mass is 365 g/mol. The summed E-state index contributed by atoms with van der Waals surface area (Å²) in [6.07, 6.45) is 0.610. The van der Waals surface area contributed by atoms with Gasteiger partial charge in [0.2, 0.25) is 0 Å². The van der Waals surface area contributed by atoms with Gasteiger partial charge in [0, 0.05) is 0 Å². The van der Waals surface area contributed by atoms with Crippen molar-refractivity contribution in [1.29, 1.82) is 0 Å². The second kappa shape index (κ2) is 6.30.